The number of hydrogen-bond donors (Lipinski definition) is 0. The van der Waals surface area contributed by atoms with Gasteiger partial charge in [-0.15, -0.1) is 5.10 Å². The van der Waals surface area contributed by atoms with Gasteiger partial charge in [-0.3, -0.25) is 4.68 Å². The molecular formula is C18H22F3N7. The van der Waals surface area contributed by atoms with Crippen molar-refractivity contribution < 1.29 is 13.2 Å². The van der Waals surface area contributed by atoms with Gasteiger partial charge in [0, 0.05) is 38.7 Å². The van der Waals surface area contributed by atoms with Crippen LogP contribution in [0.15, 0.2) is 6.07 Å². The number of alkyl halides is 3. The number of anilines is 1. The van der Waals surface area contributed by atoms with Crippen LogP contribution < -0.4 is 4.90 Å². The first kappa shape index (κ1) is 18.7. The van der Waals surface area contributed by atoms with Crippen molar-refractivity contribution in [3.05, 3.63) is 34.5 Å². The SMILES string of the molecule is Cc1cc(C(F)(F)F)c2nc(CCc3nc(N4CCCC4)nn3C)nn2c1C. The summed E-state index contributed by atoms with van der Waals surface area (Å²) in [6.45, 7) is 5.29. The zero-order chi connectivity index (χ0) is 20.1. The Labute approximate surface area is 160 Å². The highest BCUT2D eigenvalue weighted by Gasteiger charge is 2.35. The number of fused-ring (bicyclic) bond motifs is 1. The molecule has 4 rings (SSSR count). The second-order valence-corrected chi connectivity index (χ2v) is 7.23. The molecule has 0 unspecified atom stereocenters. The van der Waals surface area contributed by atoms with E-state index >= 15 is 0 Å². The highest BCUT2D eigenvalue weighted by atomic mass is 19.4. The summed E-state index contributed by atoms with van der Waals surface area (Å²) in [4.78, 5) is 10.9. The predicted octanol–water partition coefficient (Wildman–Crippen LogP) is 2.88. The molecule has 4 heterocycles. The molecular weight excluding hydrogens is 371 g/mol. The molecule has 0 bridgehead atoms. The summed E-state index contributed by atoms with van der Waals surface area (Å²) in [6, 6.07) is 1.13. The lowest BCUT2D eigenvalue weighted by atomic mass is 10.1. The molecule has 0 atom stereocenters. The smallest absolute Gasteiger partial charge is 0.340 e. The van der Waals surface area contributed by atoms with Gasteiger partial charge in [0.1, 0.15) is 11.4 Å². The van der Waals surface area contributed by atoms with Crippen LogP contribution in [0.3, 0.4) is 0 Å². The standard InChI is InChI=1S/C18H22F3N7/c1-11-10-13(18(19,20)21)16-22-14(24-28(16)12(11)2)6-7-15-23-17(25-26(15)3)27-8-4-5-9-27/h10H,4-9H2,1-3H3. The lowest BCUT2D eigenvalue weighted by molar-refractivity contribution is -0.136. The summed E-state index contributed by atoms with van der Waals surface area (Å²) >= 11 is 0. The van der Waals surface area contributed by atoms with Crippen molar-refractivity contribution in [3.8, 4) is 0 Å². The summed E-state index contributed by atoms with van der Waals surface area (Å²) < 4.78 is 43.2. The number of pyridine rings is 1. The summed E-state index contributed by atoms with van der Waals surface area (Å²) in [6.07, 6.45) is -1.30. The topological polar surface area (TPSA) is 64.1 Å². The largest absolute Gasteiger partial charge is 0.420 e. The summed E-state index contributed by atoms with van der Waals surface area (Å²) in [7, 11) is 1.83. The Bertz CT molecular complexity index is 1010. The van der Waals surface area contributed by atoms with Crippen molar-refractivity contribution in [1.82, 2.24) is 29.4 Å². The Morgan fingerprint density at radius 3 is 2.43 bits per heavy atom. The Hall–Kier alpha value is -2.65. The Balaban J connectivity index is 1.60. The fourth-order valence-corrected chi connectivity index (χ4v) is 3.52. The number of halogens is 3. The molecule has 0 spiro atoms. The number of nitrogens with zero attached hydrogens (tertiary/aromatic N) is 7. The molecule has 150 valence electrons. The quantitative estimate of drug-likeness (QED) is 0.682. The zero-order valence-corrected chi connectivity index (χ0v) is 16.1. The van der Waals surface area contributed by atoms with E-state index in [1.807, 2.05) is 7.05 Å². The second-order valence-electron chi connectivity index (χ2n) is 7.23. The lowest BCUT2D eigenvalue weighted by Crippen LogP contribution is -2.19. The van der Waals surface area contributed by atoms with Crippen LogP contribution in [0.25, 0.3) is 5.65 Å². The monoisotopic (exact) mass is 393 g/mol. The Morgan fingerprint density at radius 2 is 1.75 bits per heavy atom. The summed E-state index contributed by atoms with van der Waals surface area (Å²) in [5.74, 6) is 1.85. The van der Waals surface area contributed by atoms with E-state index in [1.54, 1.807) is 18.5 Å². The molecule has 0 amide bonds. The zero-order valence-electron chi connectivity index (χ0n) is 16.1. The van der Waals surface area contributed by atoms with E-state index in [2.05, 4.69) is 25.1 Å². The maximum Gasteiger partial charge on any atom is 0.420 e. The van der Waals surface area contributed by atoms with E-state index in [0.29, 0.717) is 35.9 Å². The number of aromatic nitrogens is 6. The molecule has 0 aromatic carbocycles. The number of aryl methyl sites for hydroxylation is 5. The van der Waals surface area contributed by atoms with Gasteiger partial charge in [0.25, 0.3) is 0 Å². The maximum absolute atomic E-state index is 13.4. The predicted molar refractivity (Wildman–Crippen MR) is 97.3 cm³/mol. The molecule has 3 aromatic heterocycles. The lowest BCUT2D eigenvalue weighted by Gasteiger charge is -2.10. The average Bonchev–Trinajstić information content (AvgIpc) is 3.34. The van der Waals surface area contributed by atoms with Crippen LogP contribution in [-0.2, 0) is 26.1 Å². The Kier molecular flexibility index (Phi) is 4.51. The minimum atomic E-state index is -4.47. The van der Waals surface area contributed by atoms with Crippen molar-refractivity contribution in [3.63, 3.8) is 0 Å². The first-order valence-electron chi connectivity index (χ1n) is 9.32. The van der Waals surface area contributed by atoms with Crippen LogP contribution in [0.5, 0.6) is 0 Å². The van der Waals surface area contributed by atoms with Crippen molar-refractivity contribution in [2.24, 2.45) is 7.05 Å². The van der Waals surface area contributed by atoms with Gasteiger partial charge in [-0.2, -0.15) is 23.3 Å². The van der Waals surface area contributed by atoms with Gasteiger partial charge < -0.3 is 4.90 Å². The minimum absolute atomic E-state index is 0.152. The van der Waals surface area contributed by atoms with Gasteiger partial charge in [0.05, 0.1) is 0 Å². The second kappa shape index (κ2) is 6.75. The van der Waals surface area contributed by atoms with Crippen molar-refractivity contribution in [2.45, 2.75) is 45.7 Å². The molecule has 0 aliphatic carbocycles. The van der Waals surface area contributed by atoms with Gasteiger partial charge in [0.15, 0.2) is 11.5 Å². The number of rotatable bonds is 4. The van der Waals surface area contributed by atoms with Crippen LogP contribution in [0.4, 0.5) is 19.1 Å². The van der Waals surface area contributed by atoms with Gasteiger partial charge in [0.2, 0.25) is 5.95 Å². The molecule has 10 heteroatoms. The normalized spacial score (nSPS) is 15.1. The minimum Gasteiger partial charge on any atom is -0.340 e. The van der Waals surface area contributed by atoms with Gasteiger partial charge >= 0.3 is 6.18 Å². The van der Waals surface area contributed by atoms with E-state index in [0.717, 1.165) is 37.8 Å². The molecule has 1 aliphatic heterocycles. The highest BCUT2D eigenvalue weighted by molar-refractivity contribution is 5.52. The van der Waals surface area contributed by atoms with Gasteiger partial charge in [-0.1, -0.05) is 0 Å². The Morgan fingerprint density at radius 1 is 1.04 bits per heavy atom. The summed E-state index contributed by atoms with van der Waals surface area (Å²) in [5.41, 5.74) is 0.266. The fraction of sp³-hybridized carbons (Fsp3) is 0.556. The maximum atomic E-state index is 13.4. The highest BCUT2D eigenvalue weighted by Crippen LogP contribution is 2.33. The molecule has 1 aliphatic rings. The average molecular weight is 393 g/mol. The van der Waals surface area contributed by atoms with Gasteiger partial charge in [-0.05, 0) is 38.3 Å². The third kappa shape index (κ3) is 3.31. The third-order valence-corrected chi connectivity index (χ3v) is 5.25. The van der Waals surface area contributed by atoms with E-state index in [1.165, 1.54) is 4.52 Å². The molecule has 1 saturated heterocycles. The van der Waals surface area contributed by atoms with Crippen LogP contribution in [0.2, 0.25) is 0 Å². The van der Waals surface area contributed by atoms with Crippen LogP contribution in [0.1, 0.15) is 41.3 Å². The molecule has 0 saturated carbocycles. The molecule has 7 nitrogen and oxygen atoms in total. The van der Waals surface area contributed by atoms with Crippen LogP contribution in [-0.4, -0.2) is 42.5 Å². The molecule has 28 heavy (non-hydrogen) atoms. The first-order chi connectivity index (χ1) is 13.2. The van der Waals surface area contributed by atoms with E-state index in [-0.39, 0.29) is 5.65 Å². The molecule has 3 aromatic rings. The fourth-order valence-electron chi connectivity index (χ4n) is 3.52. The van der Waals surface area contributed by atoms with E-state index < -0.39 is 11.7 Å². The van der Waals surface area contributed by atoms with Crippen molar-refractivity contribution >= 4 is 11.6 Å². The van der Waals surface area contributed by atoms with Crippen LogP contribution >= 0.6 is 0 Å². The van der Waals surface area contributed by atoms with E-state index in [9.17, 15) is 13.2 Å². The molecule has 1 fully saturated rings. The van der Waals surface area contributed by atoms with Crippen molar-refractivity contribution in [1.29, 1.82) is 0 Å². The molecule has 0 N–H and O–H groups in total. The van der Waals surface area contributed by atoms with E-state index in [4.69, 9.17) is 0 Å². The van der Waals surface area contributed by atoms with Crippen LogP contribution in [0, 0.1) is 13.8 Å². The van der Waals surface area contributed by atoms with Crippen molar-refractivity contribution in [2.75, 3.05) is 18.0 Å². The van der Waals surface area contributed by atoms with Gasteiger partial charge in [-0.25, -0.2) is 9.50 Å². The number of hydrogen-bond acceptors (Lipinski definition) is 5. The molecule has 0 radical (unpaired) electrons. The third-order valence-electron chi connectivity index (χ3n) is 5.25. The summed E-state index contributed by atoms with van der Waals surface area (Å²) in [5, 5.41) is 8.77. The first-order valence-corrected chi connectivity index (χ1v) is 9.32.